The van der Waals surface area contributed by atoms with Crippen molar-refractivity contribution in [1.29, 1.82) is 0 Å². The summed E-state index contributed by atoms with van der Waals surface area (Å²) in [7, 11) is 0. The zero-order chi connectivity index (χ0) is 13.9. The Bertz CT molecular complexity index is 600. The third-order valence-electron chi connectivity index (χ3n) is 3.24. The molecular formula is C13H15N5OS. The first-order valence-electron chi connectivity index (χ1n) is 6.50. The van der Waals surface area contributed by atoms with Crippen molar-refractivity contribution >= 4 is 28.2 Å². The van der Waals surface area contributed by atoms with E-state index in [1.165, 1.54) is 18.3 Å². The van der Waals surface area contributed by atoms with E-state index in [1.54, 1.807) is 18.6 Å². The second-order valence-electron chi connectivity index (χ2n) is 4.67. The number of amides is 1. The van der Waals surface area contributed by atoms with Gasteiger partial charge in [-0.3, -0.25) is 9.78 Å². The summed E-state index contributed by atoms with van der Waals surface area (Å²) in [6.07, 6.45) is 7.30. The van der Waals surface area contributed by atoms with Crippen LogP contribution >= 0.6 is 11.3 Å². The van der Waals surface area contributed by atoms with Crippen LogP contribution in [0, 0.1) is 0 Å². The number of rotatable bonds is 3. The molecule has 104 valence electrons. The Morgan fingerprint density at radius 1 is 1.50 bits per heavy atom. The standard InChI is InChI=1S/C13H15N5OS/c1-9(19)16-13-17-10(8-20-13)11-3-2-6-18(11)12-7-14-4-5-15-12/h4-5,7-8,11H,2-3,6H2,1H3,(H,16,17,19)/t11-/m0/s1. The Kier molecular flexibility index (Phi) is 3.60. The van der Waals surface area contributed by atoms with Crippen LogP contribution in [-0.2, 0) is 4.79 Å². The van der Waals surface area contributed by atoms with Crippen molar-refractivity contribution in [3.63, 3.8) is 0 Å². The van der Waals surface area contributed by atoms with Gasteiger partial charge in [-0.15, -0.1) is 11.3 Å². The van der Waals surface area contributed by atoms with Gasteiger partial charge < -0.3 is 10.2 Å². The minimum atomic E-state index is -0.0943. The van der Waals surface area contributed by atoms with Crippen molar-refractivity contribution in [2.75, 3.05) is 16.8 Å². The molecule has 0 aromatic carbocycles. The minimum Gasteiger partial charge on any atom is -0.347 e. The highest BCUT2D eigenvalue weighted by Crippen LogP contribution is 2.35. The molecule has 0 aliphatic carbocycles. The fraction of sp³-hybridized carbons (Fsp3) is 0.385. The maximum absolute atomic E-state index is 11.1. The molecule has 2 aromatic rings. The molecule has 3 heterocycles. The molecule has 0 unspecified atom stereocenters. The highest BCUT2D eigenvalue weighted by molar-refractivity contribution is 7.13. The van der Waals surface area contributed by atoms with Crippen molar-refractivity contribution in [2.24, 2.45) is 0 Å². The predicted octanol–water partition coefficient (Wildman–Crippen LogP) is 2.23. The summed E-state index contributed by atoms with van der Waals surface area (Å²) in [4.78, 5) is 26.3. The first-order valence-corrected chi connectivity index (χ1v) is 7.37. The van der Waals surface area contributed by atoms with Crippen LogP contribution in [0.2, 0.25) is 0 Å². The molecule has 0 bridgehead atoms. The molecular weight excluding hydrogens is 274 g/mol. The molecule has 1 aliphatic heterocycles. The van der Waals surface area contributed by atoms with E-state index in [2.05, 4.69) is 25.2 Å². The van der Waals surface area contributed by atoms with E-state index in [0.29, 0.717) is 5.13 Å². The molecule has 1 aliphatic rings. The van der Waals surface area contributed by atoms with Crippen LogP contribution in [0.3, 0.4) is 0 Å². The second-order valence-corrected chi connectivity index (χ2v) is 5.53. The van der Waals surface area contributed by atoms with Crippen molar-refractivity contribution in [2.45, 2.75) is 25.8 Å². The zero-order valence-electron chi connectivity index (χ0n) is 11.1. The quantitative estimate of drug-likeness (QED) is 0.938. The van der Waals surface area contributed by atoms with Gasteiger partial charge in [0.05, 0.1) is 17.9 Å². The molecule has 20 heavy (non-hydrogen) atoms. The van der Waals surface area contributed by atoms with Gasteiger partial charge in [-0.2, -0.15) is 0 Å². The fourth-order valence-electron chi connectivity index (χ4n) is 2.44. The summed E-state index contributed by atoms with van der Waals surface area (Å²) in [5.74, 6) is 0.784. The highest BCUT2D eigenvalue weighted by atomic mass is 32.1. The molecule has 7 heteroatoms. The second kappa shape index (κ2) is 5.54. The number of hydrogen-bond donors (Lipinski definition) is 1. The predicted molar refractivity (Wildman–Crippen MR) is 77.8 cm³/mol. The van der Waals surface area contributed by atoms with E-state index in [0.717, 1.165) is 30.9 Å². The van der Waals surface area contributed by atoms with Crippen molar-refractivity contribution in [3.8, 4) is 0 Å². The number of carbonyl (C=O) groups is 1. The first-order chi connectivity index (χ1) is 9.74. The third kappa shape index (κ3) is 2.62. The lowest BCUT2D eigenvalue weighted by atomic mass is 10.2. The molecule has 0 radical (unpaired) electrons. The van der Waals surface area contributed by atoms with Gasteiger partial charge in [-0.25, -0.2) is 9.97 Å². The average Bonchev–Trinajstić information content (AvgIpc) is 3.07. The van der Waals surface area contributed by atoms with E-state index >= 15 is 0 Å². The molecule has 1 amide bonds. The Morgan fingerprint density at radius 3 is 3.15 bits per heavy atom. The lowest BCUT2D eigenvalue weighted by molar-refractivity contribution is -0.114. The van der Waals surface area contributed by atoms with E-state index in [1.807, 2.05) is 5.38 Å². The number of carbonyl (C=O) groups excluding carboxylic acids is 1. The Labute approximate surface area is 120 Å². The molecule has 0 spiro atoms. The summed E-state index contributed by atoms with van der Waals surface area (Å²) in [5.41, 5.74) is 0.988. The summed E-state index contributed by atoms with van der Waals surface area (Å²) >= 11 is 1.46. The number of anilines is 2. The summed E-state index contributed by atoms with van der Waals surface area (Å²) < 4.78 is 0. The van der Waals surface area contributed by atoms with Gasteiger partial charge in [0.1, 0.15) is 5.82 Å². The average molecular weight is 289 g/mol. The SMILES string of the molecule is CC(=O)Nc1nc([C@@H]2CCCN2c2cnccn2)cs1. The van der Waals surface area contributed by atoms with Crippen LogP contribution in [0.1, 0.15) is 31.5 Å². The highest BCUT2D eigenvalue weighted by Gasteiger charge is 2.29. The summed E-state index contributed by atoms with van der Waals surface area (Å²) in [5, 5.41) is 5.38. The van der Waals surface area contributed by atoms with Gasteiger partial charge >= 0.3 is 0 Å². The van der Waals surface area contributed by atoms with Crippen LogP contribution in [0.5, 0.6) is 0 Å². The van der Waals surface area contributed by atoms with Crippen LogP contribution in [0.15, 0.2) is 24.0 Å². The largest absolute Gasteiger partial charge is 0.347 e. The molecule has 1 fully saturated rings. The van der Waals surface area contributed by atoms with Crippen molar-refractivity contribution in [1.82, 2.24) is 15.0 Å². The van der Waals surface area contributed by atoms with Crippen molar-refractivity contribution in [3.05, 3.63) is 29.7 Å². The van der Waals surface area contributed by atoms with Gasteiger partial charge in [0.15, 0.2) is 5.13 Å². The Balaban J connectivity index is 1.82. The molecule has 0 saturated carbocycles. The topological polar surface area (TPSA) is 71.0 Å². The molecule has 2 aromatic heterocycles. The smallest absolute Gasteiger partial charge is 0.223 e. The number of nitrogens with one attached hydrogen (secondary N) is 1. The van der Waals surface area contributed by atoms with Crippen LogP contribution in [0.4, 0.5) is 10.9 Å². The molecule has 1 atom stereocenters. The van der Waals surface area contributed by atoms with Crippen molar-refractivity contribution < 1.29 is 4.79 Å². The van der Waals surface area contributed by atoms with Gasteiger partial charge in [0.2, 0.25) is 5.91 Å². The van der Waals surface area contributed by atoms with E-state index in [-0.39, 0.29) is 11.9 Å². The van der Waals surface area contributed by atoms with Gasteiger partial charge in [-0.1, -0.05) is 0 Å². The normalized spacial score (nSPS) is 18.2. The minimum absolute atomic E-state index is 0.0943. The number of thiazole rings is 1. The maximum atomic E-state index is 11.1. The van der Waals surface area contributed by atoms with E-state index < -0.39 is 0 Å². The van der Waals surface area contributed by atoms with Gasteiger partial charge in [0.25, 0.3) is 0 Å². The lowest BCUT2D eigenvalue weighted by Crippen LogP contribution is -2.23. The molecule has 6 nitrogen and oxygen atoms in total. The number of aromatic nitrogens is 3. The van der Waals surface area contributed by atoms with Gasteiger partial charge in [0, 0.05) is 31.2 Å². The van der Waals surface area contributed by atoms with Gasteiger partial charge in [-0.05, 0) is 12.8 Å². The summed E-state index contributed by atoms with van der Waals surface area (Å²) in [6, 6.07) is 0.213. The fourth-order valence-corrected chi connectivity index (χ4v) is 3.24. The number of hydrogen-bond acceptors (Lipinski definition) is 6. The van der Waals surface area contributed by atoms with Crippen LogP contribution < -0.4 is 10.2 Å². The Morgan fingerprint density at radius 2 is 2.40 bits per heavy atom. The van der Waals surface area contributed by atoms with Crippen LogP contribution in [-0.4, -0.2) is 27.4 Å². The third-order valence-corrected chi connectivity index (χ3v) is 4.02. The zero-order valence-corrected chi connectivity index (χ0v) is 11.9. The molecule has 1 saturated heterocycles. The lowest BCUT2D eigenvalue weighted by Gasteiger charge is -2.23. The number of nitrogens with zero attached hydrogens (tertiary/aromatic N) is 4. The first kappa shape index (κ1) is 13.0. The Hall–Kier alpha value is -2.02. The summed E-state index contributed by atoms with van der Waals surface area (Å²) in [6.45, 7) is 2.44. The van der Waals surface area contributed by atoms with Crippen LogP contribution in [0.25, 0.3) is 0 Å². The van der Waals surface area contributed by atoms with E-state index in [4.69, 9.17) is 0 Å². The monoisotopic (exact) mass is 289 g/mol. The maximum Gasteiger partial charge on any atom is 0.223 e. The van der Waals surface area contributed by atoms with E-state index in [9.17, 15) is 4.79 Å². The molecule has 3 rings (SSSR count). The molecule has 1 N–H and O–H groups in total.